The van der Waals surface area contributed by atoms with Gasteiger partial charge in [0.1, 0.15) is 12.0 Å². The SMILES string of the molecule is CC[C@H](C)C1C(=O)O[C@H]1C(=O)NCCC[C@H](NC(=O)[C@H](C)N)C(=O)O. The second-order valence-corrected chi connectivity index (χ2v) is 6.39. The van der Waals surface area contributed by atoms with E-state index in [9.17, 15) is 19.2 Å². The van der Waals surface area contributed by atoms with E-state index in [-0.39, 0.29) is 30.8 Å². The van der Waals surface area contributed by atoms with Crippen LogP contribution in [0.1, 0.15) is 40.0 Å². The van der Waals surface area contributed by atoms with Gasteiger partial charge < -0.3 is 26.2 Å². The van der Waals surface area contributed by atoms with E-state index in [1.54, 1.807) is 0 Å². The third-order valence-electron chi connectivity index (χ3n) is 4.35. The molecule has 9 heteroatoms. The van der Waals surface area contributed by atoms with Crippen molar-refractivity contribution in [3.63, 3.8) is 0 Å². The molecule has 25 heavy (non-hydrogen) atoms. The molecule has 0 aromatic rings. The predicted molar refractivity (Wildman–Crippen MR) is 88.3 cm³/mol. The van der Waals surface area contributed by atoms with E-state index in [2.05, 4.69) is 10.6 Å². The summed E-state index contributed by atoms with van der Waals surface area (Å²) in [4.78, 5) is 46.1. The van der Waals surface area contributed by atoms with E-state index in [0.29, 0.717) is 6.42 Å². The number of esters is 1. The van der Waals surface area contributed by atoms with Gasteiger partial charge in [-0.3, -0.25) is 14.4 Å². The van der Waals surface area contributed by atoms with E-state index in [0.717, 1.165) is 6.42 Å². The highest BCUT2D eigenvalue weighted by Crippen LogP contribution is 2.31. The fourth-order valence-electron chi connectivity index (χ4n) is 2.51. The topological polar surface area (TPSA) is 148 Å². The number of hydrogen-bond donors (Lipinski definition) is 4. The fraction of sp³-hybridized carbons (Fsp3) is 0.750. The molecule has 1 aliphatic heterocycles. The lowest BCUT2D eigenvalue weighted by Crippen LogP contribution is -2.56. The average molecular weight is 357 g/mol. The summed E-state index contributed by atoms with van der Waals surface area (Å²) < 4.78 is 4.92. The molecule has 9 nitrogen and oxygen atoms in total. The molecule has 142 valence electrons. The second kappa shape index (κ2) is 9.36. The molecule has 0 aliphatic carbocycles. The van der Waals surface area contributed by atoms with Crippen molar-refractivity contribution >= 4 is 23.8 Å². The van der Waals surface area contributed by atoms with E-state index in [1.807, 2.05) is 13.8 Å². The van der Waals surface area contributed by atoms with Crippen molar-refractivity contribution in [2.24, 2.45) is 17.6 Å². The maximum atomic E-state index is 12.1. The zero-order chi connectivity index (χ0) is 19.1. The summed E-state index contributed by atoms with van der Waals surface area (Å²) in [5.74, 6) is -2.82. The number of carboxylic acid groups (broad SMARTS) is 1. The van der Waals surface area contributed by atoms with Crippen LogP contribution < -0.4 is 16.4 Å². The van der Waals surface area contributed by atoms with Gasteiger partial charge in [-0.2, -0.15) is 0 Å². The predicted octanol–water partition coefficient (Wildman–Crippen LogP) is -0.613. The van der Waals surface area contributed by atoms with E-state index >= 15 is 0 Å². The molecule has 0 bridgehead atoms. The van der Waals surface area contributed by atoms with Crippen LogP contribution in [0.3, 0.4) is 0 Å². The zero-order valence-corrected chi connectivity index (χ0v) is 14.8. The van der Waals surface area contributed by atoms with Gasteiger partial charge in [0.2, 0.25) is 5.91 Å². The number of ether oxygens (including phenoxy) is 1. The Kier molecular flexibility index (Phi) is 7.82. The first-order valence-electron chi connectivity index (χ1n) is 8.46. The van der Waals surface area contributed by atoms with Gasteiger partial charge in [-0.15, -0.1) is 0 Å². The molecule has 1 fully saturated rings. The number of hydrogen-bond acceptors (Lipinski definition) is 6. The van der Waals surface area contributed by atoms with Crippen molar-refractivity contribution in [2.45, 2.75) is 58.2 Å². The van der Waals surface area contributed by atoms with E-state index in [4.69, 9.17) is 15.6 Å². The number of nitrogens with two attached hydrogens (primary N) is 1. The molecule has 2 amide bonds. The molecule has 5 atom stereocenters. The van der Waals surface area contributed by atoms with Crippen LogP contribution in [0.2, 0.25) is 0 Å². The molecule has 5 N–H and O–H groups in total. The summed E-state index contributed by atoms with van der Waals surface area (Å²) in [7, 11) is 0. The molecular weight excluding hydrogens is 330 g/mol. The summed E-state index contributed by atoms with van der Waals surface area (Å²) in [5, 5.41) is 14.1. The third-order valence-corrected chi connectivity index (χ3v) is 4.35. The number of carboxylic acids is 1. The monoisotopic (exact) mass is 357 g/mol. The Morgan fingerprint density at radius 3 is 2.44 bits per heavy atom. The van der Waals surface area contributed by atoms with Crippen molar-refractivity contribution < 1.29 is 29.0 Å². The lowest BCUT2D eigenvalue weighted by Gasteiger charge is -2.37. The molecule has 0 aromatic heterocycles. The minimum Gasteiger partial charge on any atom is -0.480 e. The summed E-state index contributed by atoms with van der Waals surface area (Å²) in [6.45, 7) is 5.51. The van der Waals surface area contributed by atoms with Crippen molar-refractivity contribution in [3.8, 4) is 0 Å². The highest BCUT2D eigenvalue weighted by Gasteiger charge is 2.49. The second-order valence-electron chi connectivity index (χ2n) is 6.39. The van der Waals surface area contributed by atoms with Crippen LogP contribution in [0.15, 0.2) is 0 Å². The summed E-state index contributed by atoms with van der Waals surface area (Å²) >= 11 is 0. The van der Waals surface area contributed by atoms with Gasteiger partial charge in [-0.25, -0.2) is 4.79 Å². The number of carbonyl (C=O) groups is 4. The fourth-order valence-corrected chi connectivity index (χ4v) is 2.51. The number of aliphatic carboxylic acids is 1. The van der Waals surface area contributed by atoms with Crippen LogP contribution in [0.25, 0.3) is 0 Å². The van der Waals surface area contributed by atoms with Gasteiger partial charge in [-0.05, 0) is 25.7 Å². The Morgan fingerprint density at radius 2 is 1.96 bits per heavy atom. The quantitative estimate of drug-likeness (QED) is 0.301. The maximum absolute atomic E-state index is 12.1. The number of amides is 2. The Morgan fingerprint density at radius 1 is 1.32 bits per heavy atom. The Labute approximate surface area is 146 Å². The summed E-state index contributed by atoms with van der Waals surface area (Å²) in [5.41, 5.74) is 5.39. The van der Waals surface area contributed by atoms with Crippen molar-refractivity contribution in [2.75, 3.05) is 6.54 Å². The summed E-state index contributed by atoms with van der Waals surface area (Å²) in [6, 6.07) is -1.86. The molecule has 1 aliphatic rings. The van der Waals surface area contributed by atoms with Crippen LogP contribution in [0.5, 0.6) is 0 Å². The molecule has 1 saturated heterocycles. The minimum absolute atomic E-state index is 0.0573. The molecule has 1 heterocycles. The first-order chi connectivity index (χ1) is 11.7. The Bertz CT molecular complexity index is 522. The number of cyclic esters (lactones) is 1. The van der Waals surface area contributed by atoms with Gasteiger partial charge in [0.05, 0.1) is 6.04 Å². The molecular formula is C16H27N3O6. The Balaban J connectivity index is 2.38. The van der Waals surface area contributed by atoms with Gasteiger partial charge in [-0.1, -0.05) is 20.3 Å². The maximum Gasteiger partial charge on any atom is 0.326 e. The van der Waals surface area contributed by atoms with Crippen LogP contribution in [0.4, 0.5) is 0 Å². The first-order valence-corrected chi connectivity index (χ1v) is 8.46. The molecule has 0 radical (unpaired) electrons. The lowest BCUT2D eigenvalue weighted by molar-refractivity contribution is -0.193. The van der Waals surface area contributed by atoms with Gasteiger partial charge in [0.25, 0.3) is 5.91 Å². The third kappa shape index (κ3) is 5.70. The standard InChI is InChI=1S/C16H27N3O6/c1-4-8(2)11-12(25-16(11)24)14(21)18-7-5-6-10(15(22)23)19-13(20)9(3)17/h8-12H,4-7,17H2,1-3H3,(H,18,21)(H,19,20)(H,22,23)/t8-,9-,10-,11?,12+/m0/s1. The molecule has 0 spiro atoms. The molecule has 0 aromatic carbocycles. The van der Waals surface area contributed by atoms with Crippen LogP contribution in [0, 0.1) is 11.8 Å². The number of rotatable bonds is 10. The molecule has 1 rings (SSSR count). The molecule has 1 unspecified atom stereocenters. The highest BCUT2D eigenvalue weighted by atomic mass is 16.6. The van der Waals surface area contributed by atoms with Gasteiger partial charge in [0, 0.05) is 6.54 Å². The zero-order valence-electron chi connectivity index (χ0n) is 14.8. The largest absolute Gasteiger partial charge is 0.480 e. The Hall–Kier alpha value is -2.16. The number of carbonyl (C=O) groups excluding carboxylic acids is 3. The van der Waals surface area contributed by atoms with Crippen LogP contribution in [-0.4, -0.2) is 53.6 Å². The van der Waals surface area contributed by atoms with Crippen molar-refractivity contribution in [1.29, 1.82) is 0 Å². The first kappa shape index (κ1) is 20.9. The van der Waals surface area contributed by atoms with E-state index in [1.165, 1.54) is 6.92 Å². The van der Waals surface area contributed by atoms with Gasteiger partial charge in [0.15, 0.2) is 6.10 Å². The van der Waals surface area contributed by atoms with Crippen molar-refractivity contribution in [3.05, 3.63) is 0 Å². The van der Waals surface area contributed by atoms with Crippen LogP contribution >= 0.6 is 0 Å². The average Bonchev–Trinajstić information content (AvgIpc) is 2.54. The number of nitrogens with one attached hydrogen (secondary N) is 2. The molecule has 0 saturated carbocycles. The highest BCUT2D eigenvalue weighted by molar-refractivity contribution is 5.94. The van der Waals surface area contributed by atoms with Crippen molar-refractivity contribution in [1.82, 2.24) is 10.6 Å². The summed E-state index contributed by atoms with van der Waals surface area (Å²) in [6.07, 6.45) is 0.475. The smallest absolute Gasteiger partial charge is 0.326 e. The van der Waals surface area contributed by atoms with Crippen LogP contribution in [-0.2, 0) is 23.9 Å². The minimum atomic E-state index is -1.16. The normalized spacial score (nSPS) is 22.8. The van der Waals surface area contributed by atoms with Gasteiger partial charge >= 0.3 is 11.9 Å². The lowest BCUT2D eigenvalue weighted by atomic mass is 9.83. The van der Waals surface area contributed by atoms with E-state index < -0.39 is 36.0 Å².